The van der Waals surface area contributed by atoms with Gasteiger partial charge in [0, 0.05) is 28.9 Å². The smallest absolute Gasteiger partial charge is 0.218 e. The fourth-order valence-electron chi connectivity index (χ4n) is 2.96. The summed E-state index contributed by atoms with van der Waals surface area (Å²) in [5.74, 6) is 0.0742. The highest BCUT2D eigenvalue weighted by Crippen LogP contribution is 2.37. The molecule has 1 aromatic heterocycles. The lowest BCUT2D eigenvalue weighted by Gasteiger charge is -2.21. The van der Waals surface area contributed by atoms with Crippen molar-refractivity contribution in [1.82, 2.24) is 4.98 Å². The molecule has 3 N–H and O–H groups in total. The van der Waals surface area contributed by atoms with E-state index >= 15 is 0 Å². The van der Waals surface area contributed by atoms with Crippen molar-refractivity contribution in [2.45, 2.75) is 31.6 Å². The van der Waals surface area contributed by atoms with Gasteiger partial charge in [-0.25, -0.2) is 0 Å². The van der Waals surface area contributed by atoms with E-state index in [1.807, 2.05) is 6.07 Å². The molecule has 1 atom stereocenters. The molecule has 3 heteroatoms. The van der Waals surface area contributed by atoms with Gasteiger partial charge in [-0.2, -0.15) is 0 Å². The lowest BCUT2D eigenvalue weighted by Crippen LogP contribution is -2.18. The molecule has 0 spiro atoms. The van der Waals surface area contributed by atoms with E-state index in [0.29, 0.717) is 6.42 Å². The predicted molar refractivity (Wildman–Crippen MR) is 67.8 cm³/mol. The van der Waals surface area contributed by atoms with Crippen LogP contribution >= 0.6 is 0 Å². The number of nitrogens with one attached hydrogen (secondary N) is 1. The van der Waals surface area contributed by atoms with Crippen molar-refractivity contribution in [1.29, 1.82) is 0 Å². The van der Waals surface area contributed by atoms with Crippen molar-refractivity contribution >= 4 is 16.8 Å². The minimum absolute atomic E-state index is 0.207. The van der Waals surface area contributed by atoms with Crippen LogP contribution in [0, 0.1) is 0 Å². The van der Waals surface area contributed by atoms with Gasteiger partial charge in [0.15, 0.2) is 0 Å². The quantitative estimate of drug-likeness (QED) is 0.815. The zero-order valence-electron chi connectivity index (χ0n) is 9.70. The van der Waals surface area contributed by atoms with Crippen LogP contribution in [0.5, 0.6) is 0 Å². The number of hydrogen-bond donors (Lipinski definition) is 2. The van der Waals surface area contributed by atoms with Crippen molar-refractivity contribution < 1.29 is 4.79 Å². The van der Waals surface area contributed by atoms with Crippen LogP contribution in [0.3, 0.4) is 0 Å². The van der Waals surface area contributed by atoms with Gasteiger partial charge in [-0.05, 0) is 30.9 Å². The van der Waals surface area contributed by atoms with E-state index in [9.17, 15) is 4.79 Å². The van der Waals surface area contributed by atoms with Crippen LogP contribution in [0.1, 0.15) is 36.4 Å². The number of H-pyrrole nitrogens is 1. The topological polar surface area (TPSA) is 58.9 Å². The van der Waals surface area contributed by atoms with E-state index in [1.165, 1.54) is 22.2 Å². The number of carbonyl (C=O) groups excluding carboxylic acids is 1. The number of aromatic amines is 1. The van der Waals surface area contributed by atoms with Gasteiger partial charge in [0.2, 0.25) is 5.91 Å². The van der Waals surface area contributed by atoms with E-state index in [0.717, 1.165) is 19.3 Å². The first-order valence-corrected chi connectivity index (χ1v) is 6.13. The minimum Gasteiger partial charge on any atom is -0.370 e. The van der Waals surface area contributed by atoms with Crippen LogP contribution in [0.2, 0.25) is 0 Å². The Balaban J connectivity index is 2.10. The van der Waals surface area contributed by atoms with Gasteiger partial charge in [0.25, 0.3) is 0 Å². The van der Waals surface area contributed by atoms with Gasteiger partial charge in [-0.1, -0.05) is 18.2 Å². The third-order valence-electron chi connectivity index (χ3n) is 3.68. The molecule has 3 nitrogen and oxygen atoms in total. The van der Waals surface area contributed by atoms with Gasteiger partial charge >= 0.3 is 0 Å². The number of fused-ring (bicyclic) bond motifs is 3. The normalized spacial score (nSPS) is 19.2. The Bertz CT molecular complexity index is 571. The SMILES string of the molecule is NC(=O)CC1CCCc2c1[nH]c1ccccc21. The average Bonchev–Trinajstić information content (AvgIpc) is 2.68. The molecular weight excluding hydrogens is 212 g/mol. The van der Waals surface area contributed by atoms with E-state index in [4.69, 9.17) is 5.73 Å². The second-order valence-corrected chi connectivity index (χ2v) is 4.82. The number of amides is 1. The molecule has 0 fully saturated rings. The Morgan fingerprint density at radius 1 is 1.41 bits per heavy atom. The summed E-state index contributed by atoms with van der Waals surface area (Å²) in [6, 6.07) is 8.34. The number of rotatable bonds is 2. The summed E-state index contributed by atoms with van der Waals surface area (Å²) in [6.07, 6.45) is 3.77. The van der Waals surface area contributed by atoms with Crippen LogP contribution < -0.4 is 5.73 Å². The van der Waals surface area contributed by atoms with E-state index < -0.39 is 0 Å². The maximum atomic E-state index is 11.1. The molecule has 2 aromatic rings. The number of primary amides is 1. The van der Waals surface area contributed by atoms with Crippen molar-refractivity contribution in [3.63, 3.8) is 0 Å². The van der Waals surface area contributed by atoms with Crippen molar-refractivity contribution in [2.24, 2.45) is 5.73 Å². The summed E-state index contributed by atoms with van der Waals surface area (Å²) in [7, 11) is 0. The predicted octanol–water partition coefficient (Wildman–Crippen LogP) is 2.46. The fraction of sp³-hybridized carbons (Fsp3) is 0.357. The molecule has 88 valence electrons. The number of aromatic nitrogens is 1. The fourth-order valence-corrected chi connectivity index (χ4v) is 2.96. The molecule has 17 heavy (non-hydrogen) atoms. The molecule has 1 unspecified atom stereocenters. The minimum atomic E-state index is -0.207. The summed E-state index contributed by atoms with van der Waals surface area (Å²) in [5.41, 5.74) is 9.12. The van der Waals surface area contributed by atoms with E-state index in [-0.39, 0.29) is 11.8 Å². The molecule has 0 radical (unpaired) electrons. The Labute approximate surface area is 100 Å². The maximum absolute atomic E-state index is 11.1. The molecule has 0 saturated heterocycles. The number of hydrogen-bond acceptors (Lipinski definition) is 1. The summed E-state index contributed by atoms with van der Waals surface area (Å²) in [6.45, 7) is 0. The molecule has 1 amide bonds. The maximum Gasteiger partial charge on any atom is 0.218 e. The number of benzene rings is 1. The van der Waals surface area contributed by atoms with Crippen LogP contribution in [0.4, 0.5) is 0 Å². The number of carbonyl (C=O) groups is 1. The monoisotopic (exact) mass is 228 g/mol. The highest BCUT2D eigenvalue weighted by Gasteiger charge is 2.25. The number of nitrogens with two attached hydrogens (primary N) is 1. The Hall–Kier alpha value is -1.77. The van der Waals surface area contributed by atoms with Crippen LogP contribution in [-0.4, -0.2) is 10.9 Å². The summed E-state index contributed by atoms with van der Waals surface area (Å²) < 4.78 is 0. The van der Waals surface area contributed by atoms with Crippen molar-refractivity contribution in [3.05, 3.63) is 35.5 Å². The van der Waals surface area contributed by atoms with Gasteiger partial charge in [-0.3, -0.25) is 4.79 Å². The second-order valence-electron chi connectivity index (χ2n) is 4.82. The standard InChI is InChI=1S/C14H16N2O/c15-13(17)8-9-4-3-6-11-10-5-1-2-7-12(10)16-14(9)11/h1-2,5,7,9,16H,3-4,6,8H2,(H2,15,17). The van der Waals surface area contributed by atoms with Gasteiger partial charge in [0.05, 0.1) is 0 Å². The number of para-hydroxylation sites is 1. The molecular formula is C14H16N2O. The summed E-state index contributed by atoms with van der Waals surface area (Å²) in [4.78, 5) is 14.6. The molecule has 3 rings (SSSR count). The Kier molecular flexibility index (Phi) is 2.39. The average molecular weight is 228 g/mol. The Morgan fingerprint density at radius 3 is 3.06 bits per heavy atom. The second kappa shape index (κ2) is 3.91. The first kappa shape index (κ1) is 10.4. The summed E-state index contributed by atoms with van der Waals surface area (Å²) in [5, 5.41) is 1.30. The largest absolute Gasteiger partial charge is 0.370 e. The zero-order valence-corrected chi connectivity index (χ0v) is 9.70. The van der Waals surface area contributed by atoms with Gasteiger partial charge < -0.3 is 10.7 Å². The highest BCUT2D eigenvalue weighted by molar-refractivity contribution is 5.85. The molecule has 0 aliphatic heterocycles. The van der Waals surface area contributed by atoms with Gasteiger partial charge in [-0.15, -0.1) is 0 Å². The third kappa shape index (κ3) is 1.71. The third-order valence-corrected chi connectivity index (χ3v) is 3.68. The van der Waals surface area contributed by atoms with Crippen LogP contribution in [-0.2, 0) is 11.2 Å². The lowest BCUT2D eigenvalue weighted by atomic mass is 9.85. The molecule has 1 aromatic carbocycles. The van der Waals surface area contributed by atoms with E-state index in [2.05, 4.69) is 23.2 Å². The van der Waals surface area contributed by atoms with Crippen molar-refractivity contribution in [3.8, 4) is 0 Å². The van der Waals surface area contributed by atoms with Crippen LogP contribution in [0.25, 0.3) is 10.9 Å². The number of aryl methyl sites for hydroxylation is 1. The highest BCUT2D eigenvalue weighted by atomic mass is 16.1. The summed E-state index contributed by atoms with van der Waals surface area (Å²) >= 11 is 0. The van der Waals surface area contributed by atoms with Crippen LogP contribution in [0.15, 0.2) is 24.3 Å². The van der Waals surface area contributed by atoms with Gasteiger partial charge in [0.1, 0.15) is 0 Å². The first-order valence-electron chi connectivity index (χ1n) is 6.13. The van der Waals surface area contributed by atoms with E-state index in [1.54, 1.807) is 0 Å². The Morgan fingerprint density at radius 2 is 2.24 bits per heavy atom. The molecule has 0 saturated carbocycles. The molecule has 1 aliphatic carbocycles. The zero-order chi connectivity index (χ0) is 11.8. The lowest BCUT2D eigenvalue weighted by molar-refractivity contribution is -0.118. The van der Waals surface area contributed by atoms with Crippen molar-refractivity contribution in [2.75, 3.05) is 0 Å². The molecule has 1 heterocycles. The molecule has 0 bridgehead atoms. The molecule has 1 aliphatic rings. The first-order chi connectivity index (χ1) is 8.25.